The molecule has 1 aliphatic carbocycles. The lowest BCUT2D eigenvalue weighted by atomic mass is 10.1. The maximum absolute atomic E-state index is 12.6. The average molecular weight is 408 g/mol. The number of halogens is 1. The summed E-state index contributed by atoms with van der Waals surface area (Å²) in [6.07, 6.45) is 1.84. The molecule has 1 atom stereocenters. The normalized spacial score (nSPS) is 16.0. The van der Waals surface area contributed by atoms with Crippen molar-refractivity contribution in [2.75, 3.05) is 12.9 Å². The van der Waals surface area contributed by atoms with E-state index in [2.05, 4.69) is 5.32 Å². The second kappa shape index (κ2) is 7.90. The minimum atomic E-state index is -3.25. The zero-order valence-electron chi connectivity index (χ0n) is 15.3. The Labute approximate surface area is 164 Å². The summed E-state index contributed by atoms with van der Waals surface area (Å²) in [5.74, 6) is 0.340. The third kappa shape index (κ3) is 4.28. The topological polar surface area (TPSA) is 72.5 Å². The number of carbonyl (C=O) groups excluding carboxylic acids is 1. The molecule has 2 aromatic rings. The number of fused-ring (bicyclic) bond motifs is 1. The van der Waals surface area contributed by atoms with E-state index in [1.165, 1.54) is 7.11 Å². The van der Waals surface area contributed by atoms with E-state index in [4.69, 9.17) is 16.3 Å². The summed E-state index contributed by atoms with van der Waals surface area (Å²) in [7, 11) is -1.74. The van der Waals surface area contributed by atoms with Crippen LogP contribution in [0.2, 0.25) is 5.02 Å². The first kappa shape index (κ1) is 19.7. The Bertz CT molecular complexity index is 972. The number of nitrogens with one attached hydrogen (secondary N) is 1. The van der Waals surface area contributed by atoms with Gasteiger partial charge in [0.05, 0.1) is 23.3 Å². The highest BCUT2D eigenvalue weighted by atomic mass is 35.5. The van der Waals surface area contributed by atoms with Crippen LogP contribution in [-0.4, -0.2) is 33.2 Å². The molecule has 3 rings (SSSR count). The fraction of sp³-hybridized carbons (Fsp3) is 0.350. The first-order valence-corrected chi connectivity index (χ1v) is 10.9. The lowest BCUT2D eigenvalue weighted by Gasteiger charge is -2.14. The summed E-state index contributed by atoms with van der Waals surface area (Å²) in [5.41, 5.74) is 2.41. The molecule has 0 spiro atoms. The minimum Gasteiger partial charge on any atom is -0.496 e. The molecule has 5 nitrogen and oxygen atoms in total. The molecular weight excluding hydrogens is 386 g/mol. The van der Waals surface area contributed by atoms with Gasteiger partial charge in [-0.1, -0.05) is 24.6 Å². The third-order valence-corrected chi connectivity index (χ3v) is 6.84. The molecule has 1 amide bonds. The van der Waals surface area contributed by atoms with E-state index in [1.807, 2.05) is 13.0 Å². The Morgan fingerprint density at radius 1 is 1.19 bits per heavy atom. The van der Waals surface area contributed by atoms with E-state index in [0.29, 0.717) is 40.5 Å². The highest BCUT2D eigenvalue weighted by molar-refractivity contribution is 7.91. The Balaban J connectivity index is 1.75. The fourth-order valence-electron chi connectivity index (χ4n) is 3.40. The number of carbonyl (C=O) groups is 1. The number of methoxy groups -OCH3 is 1. The third-order valence-electron chi connectivity index (χ3n) is 4.68. The summed E-state index contributed by atoms with van der Waals surface area (Å²) in [6, 6.07) is 10.1. The molecular formula is C20H22ClNO4S. The van der Waals surface area contributed by atoms with Crippen molar-refractivity contribution < 1.29 is 17.9 Å². The number of rotatable bonds is 6. The van der Waals surface area contributed by atoms with Crippen molar-refractivity contribution in [1.82, 2.24) is 5.32 Å². The smallest absolute Gasteiger partial charge is 0.255 e. The Hall–Kier alpha value is -2.05. The van der Waals surface area contributed by atoms with Gasteiger partial charge in [0, 0.05) is 11.1 Å². The van der Waals surface area contributed by atoms with E-state index in [9.17, 15) is 13.2 Å². The van der Waals surface area contributed by atoms with Gasteiger partial charge in [0.25, 0.3) is 5.91 Å². The van der Waals surface area contributed by atoms with Crippen LogP contribution >= 0.6 is 11.6 Å². The highest BCUT2D eigenvalue weighted by Crippen LogP contribution is 2.27. The first-order valence-electron chi connectivity index (χ1n) is 8.83. The van der Waals surface area contributed by atoms with Crippen molar-refractivity contribution in [2.24, 2.45) is 0 Å². The second-order valence-electron chi connectivity index (χ2n) is 6.67. The van der Waals surface area contributed by atoms with Crippen molar-refractivity contribution in [1.29, 1.82) is 0 Å². The van der Waals surface area contributed by atoms with Crippen LogP contribution in [0, 0.1) is 0 Å². The van der Waals surface area contributed by atoms with Gasteiger partial charge in [-0.2, -0.15) is 0 Å². The SMILES string of the molecule is CCCS(=O)(=O)c1ccc2c(c1)CC(NC(=O)c1cc(Cl)ccc1OC)C2. The Morgan fingerprint density at radius 3 is 2.63 bits per heavy atom. The van der Waals surface area contributed by atoms with Gasteiger partial charge in [-0.25, -0.2) is 8.42 Å². The Morgan fingerprint density at radius 2 is 1.93 bits per heavy atom. The largest absolute Gasteiger partial charge is 0.496 e. The zero-order chi connectivity index (χ0) is 19.6. The van der Waals surface area contributed by atoms with Crippen molar-refractivity contribution in [3.05, 3.63) is 58.1 Å². The molecule has 0 radical (unpaired) electrons. The lowest BCUT2D eigenvalue weighted by molar-refractivity contribution is 0.0935. The molecule has 0 aliphatic heterocycles. The maximum Gasteiger partial charge on any atom is 0.255 e. The molecule has 1 unspecified atom stereocenters. The monoisotopic (exact) mass is 407 g/mol. The van der Waals surface area contributed by atoms with Crippen LogP contribution in [0.1, 0.15) is 34.8 Å². The quantitative estimate of drug-likeness (QED) is 0.796. The molecule has 0 bridgehead atoms. The van der Waals surface area contributed by atoms with Crippen LogP contribution in [-0.2, 0) is 22.7 Å². The number of benzene rings is 2. The van der Waals surface area contributed by atoms with Crippen LogP contribution in [0.3, 0.4) is 0 Å². The average Bonchev–Trinajstić information content (AvgIpc) is 3.02. The van der Waals surface area contributed by atoms with Gasteiger partial charge in [0.2, 0.25) is 0 Å². The van der Waals surface area contributed by atoms with E-state index in [0.717, 1.165) is 11.1 Å². The minimum absolute atomic E-state index is 0.0969. The second-order valence-corrected chi connectivity index (χ2v) is 9.22. The number of amides is 1. The van der Waals surface area contributed by atoms with Crippen molar-refractivity contribution in [3.8, 4) is 5.75 Å². The molecule has 0 heterocycles. The van der Waals surface area contributed by atoms with Gasteiger partial charge < -0.3 is 10.1 Å². The number of sulfone groups is 1. The van der Waals surface area contributed by atoms with Gasteiger partial charge in [-0.3, -0.25) is 4.79 Å². The number of ether oxygens (including phenoxy) is 1. The van der Waals surface area contributed by atoms with Crippen molar-refractivity contribution in [2.45, 2.75) is 37.1 Å². The van der Waals surface area contributed by atoms with Gasteiger partial charge in [0.15, 0.2) is 9.84 Å². The van der Waals surface area contributed by atoms with E-state index >= 15 is 0 Å². The predicted octanol–water partition coefficient (Wildman–Crippen LogP) is 3.43. The van der Waals surface area contributed by atoms with Crippen LogP contribution in [0.15, 0.2) is 41.3 Å². The van der Waals surface area contributed by atoms with Gasteiger partial charge in [0.1, 0.15) is 5.75 Å². The van der Waals surface area contributed by atoms with Crippen molar-refractivity contribution >= 4 is 27.3 Å². The molecule has 1 N–H and O–H groups in total. The van der Waals surface area contributed by atoms with E-state index in [-0.39, 0.29) is 17.7 Å². The zero-order valence-corrected chi connectivity index (χ0v) is 16.9. The Kier molecular flexibility index (Phi) is 5.77. The molecule has 0 fully saturated rings. The standard InChI is InChI=1S/C20H22ClNO4S/c1-3-8-27(24,25)17-6-4-13-9-16(10-14(13)11-17)22-20(23)18-12-15(21)5-7-19(18)26-2/h4-7,11-12,16H,3,8-10H2,1-2H3,(H,22,23). The van der Waals surface area contributed by atoms with Gasteiger partial charge in [-0.15, -0.1) is 0 Å². The summed E-state index contributed by atoms with van der Waals surface area (Å²) in [4.78, 5) is 13.0. The molecule has 27 heavy (non-hydrogen) atoms. The number of hydrogen-bond acceptors (Lipinski definition) is 4. The van der Waals surface area contributed by atoms with E-state index in [1.54, 1.807) is 30.3 Å². The molecule has 0 aromatic heterocycles. The summed E-state index contributed by atoms with van der Waals surface area (Å²) in [5, 5.41) is 3.46. The maximum atomic E-state index is 12.6. The predicted molar refractivity (Wildman–Crippen MR) is 105 cm³/mol. The number of hydrogen-bond donors (Lipinski definition) is 1. The van der Waals surface area contributed by atoms with Crippen LogP contribution in [0.5, 0.6) is 5.75 Å². The molecule has 144 valence electrons. The molecule has 2 aromatic carbocycles. The first-order chi connectivity index (χ1) is 12.8. The van der Waals surface area contributed by atoms with Crippen LogP contribution < -0.4 is 10.1 Å². The lowest BCUT2D eigenvalue weighted by Crippen LogP contribution is -2.35. The van der Waals surface area contributed by atoms with Crippen LogP contribution in [0.25, 0.3) is 0 Å². The summed E-state index contributed by atoms with van der Waals surface area (Å²) >= 11 is 6.00. The van der Waals surface area contributed by atoms with E-state index < -0.39 is 9.84 Å². The van der Waals surface area contributed by atoms with Gasteiger partial charge in [-0.05, 0) is 60.7 Å². The van der Waals surface area contributed by atoms with Crippen molar-refractivity contribution in [3.63, 3.8) is 0 Å². The summed E-state index contributed by atoms with van der Waals surface area (Å²) in [6.45, 7) is 1.85. The van der Waals surface area contributed by atoms with Gasteiger partial charge >= 0.3 is 0 Å². The van der Waals surface area contributed by atoms with Crippen LogP contribution in [0.4, 0.5) is 0 Å². The molecule has 1 aliphatic rings. The highest BCUT2D eigenvalue weighted by Gasteiger charge is 2.26. The summed E-state index contributed by atoms with van der Waals surface area (Å²) < 4.78 is 29.8. The molecule has 0 saturated carbocycles. The fourth-order valence-corrected chi connectivity index (χ4v) is 4.94. The molecule has 7 heteroatoms. The molecule has 0 saturated heterocycles.